The monoisotopic (exact) mass is 267 g/mol. The molecule has 0 aromatic carbocycles. The normalized spacial score (nSPS) is 15.9. The number of anilines is 1. The Labute approximate surface area is 117 Å². The molecule has 0 atom stereocenters. The first-order valence-corrected chi connectivity index (χ1v) is 7.01. The molecule has 2 N–H and O–H groups in total. The minimum Gasteiger partial charge on any atom is -0.366 e. The second-order valence-corrected chi connectivity index (χ2v) is 5.13. The number of hydrogen-bond donors (Lipinski definition) is 2. The number of fused-ring (bicyclic) bond motifs is 1. The van der Waals surface area contributed by atoms with Gasteiger partial charge in [-0.15, -0.1) is 0 Å². The third-order valence-electron chi connectivity index (χ3n) is 3.70. The fraction of sp³-hybridized carbons (Fsp3) is 0.400. The lowest BCUT2D eigenvalue weighted by Crippen LogP contribution is -2.15. The van der Waals surface area contributed by atoms with Crippen molar-refractivity contribution in [1.29, 1.82) is 5.26 Å². The predicted octanol–water partition coefficient (Wildman–Crippen LogP) is 2.93. The molecule has 5 heteroatoms. The van der Waals surface area contributed by atoms with Gasteiger partial charge in [-0.25, -0.2) is 9.97 Å². The van der Waals surface area contributed by atoms with Gasteiger partial charge in [0.2, 0.25) is 0 Å². The number of nitrogens with one attached hydrogen (secondary N) is 2. The number of rotatable bonds is 4. The van der Waals surface area contributed by atoms with Crippen LogP contribution in [0.5, 0.6) is 0 Å². The summed E-state index contributed by atoms with van der Waals surface area (Å²) in [6.07, 6.45) is 12.7. The van der Waals surface area contributed by atoms with Gasteiger partial charge in [-0.05, 0) is 19.3 Å². The zero-order chi connectivity index (χ0) is 13.8. The van der Waals surface area contributed by atoms with Crippen molar-refractivity contribution in [3.63, 3.8) is 0 Å². The van der Waals surface area contributed by atoms with E-state index in [2.05, 4.69) is 20.3 Å². The number of nitrogens with zero attached hydrogens (tertiary/aromatic N) is 3. The average molecular weight is 267 g/mol. The Bertz CT molecular complexity index is 658. The van der Waals surface area contributed by atoms with E-state index in [0.717, 1.165) is 22.5 Å². The highest BCUT2D eigenvalue weighted by Gasteiger charge is 2.15. The zero-order valence-electron chi connectivity index (χ0n) is 11.3. The van der Waals surface area contributed by atoms with E-state index < -0.39 is 0 Å². The smallest absolute Gasteiger partial charge is 0.156 e. The first-order chi connectivity index (χ1) is 9.86. The van der Waals surface area contributed by atoms with Crippen LogP contribution in [0.2, 0.25) is 0 Å². The molecule has 20 heavy (non-hydrogen) atoms. The molecule has 1 saturated carbocycles. The first kappa shape index (κ1) is 12.7. The number of H-pyrrole nitrogens is 1. The quantitative estimate of drug-likeness (QED) is 0.835. The molecule has 1 aliphatic carbocycles. The molecule has 5 nitrogen and oxygen atoms in total. The summed E-state index contributed by atoms with van der Waals surface area (Å²) >= 11 is 0. The maximum atomic E-state index is 8.53. The SMILES string of the molecule is N#C/C=C\Cc1c[nH]c2ncc(NC3CCCC3)nc12. The van der Waals surface area contributed by atoms with Gasteiger partial charge in [0.15, 0.2) is 5.65 Å². The van der Waals surface area contributed by atoms with Crippen molar-refractivity contribution >= 4 is 17.0 Å². The number of allylic oxidation sites excluding steroid dienone is 2. The molecule has 2 heterocycles. The van der Waals surface area contributed by atoms with E-state index in [1.165, 1.54) is 31.8 Å². The summed E-state index contributed by atoms with van der Waals surface area (Å²) in [5.41, 5.74) is 2.74. The van der Waals surface area contributed by atoms with E-state index in [1.54, 1.807) is 6.20 Å². The summed E-state index contributed by atoms with van der Waals surface area (Å²) in [6, 6.07) is 2.53. The average Bonchev–Trinajstić information content (AvgIpc) is 3.09. The molecule has 0 amide bonds. The lowest BCUT2D eigenvalue weighted by Gasteiger charge is -2.11. The topological polar surface area (TPSA) is 77.4 Å². The van der Waals surface area contributed by atoms with Crippen molar-refractivity contribution in [3.05, 3.63) is 30.1 Å². The Kier molecular flexibility index (Phi) is 3.64. The van der Waals surface area contributed by atoms with Crippen LogP contribution in [0.3, 0.4) is 0 Å². The molecule has 2 aromatic heterocycles. The lowest BCUT2D eigenvalue weighted by molar-refractivity contribution is 0.750. The van der Waals surface area contributed by atoms with Crippen molar-refractivity contribution in [2.75, 3.05) is 5.32 Å². The third kappa shape index (κ3) is 2.64. The summed E-state index contributed by atoms with van der Waals surface area (Å²) in [5, 5.41) is 12.0. The molecule has 0 unspecified atom stereocenters. The first-order valence-electron chi connectivity index (χ1n) is 7.01. The van der Waals surface area contributed by atoms with Crippen molar-refractivity contribution in [1.82, 2.24) is 15.0 Å². The van der Waals surface area contributed by atoms with Crippen LogP contribution in [0.4, 0.5) is 5.82 Å². The van der Waals surface area contributed by atoms with E-state index in [-0.39, 0.29) is 0 Å². The molecule has 3 rings (SSSR count). The molecule has 0 aliphatic heterocycles. The minimum absolute atomic E-state index is 0.530. The highest BCUT2D eigenvalue weighted by molar-refractivity contribution is 5.76. The van der Waals surface area contributed by atoms with E-state index in [0.29, 0.717) is 12.5 Å². The Hall–Kier alpha value is -2.35. The van der Waals surface area contributed by atoms with Gasteiger partial charge in [0, 0.05) is 23.9 Å². The molecule has 1 aliphatic rings. The molecule has 0 spiro atoms. The third-order valence-corrected chi connectivity index (χ3v) is 3.70. The molecular weight excluding hydrogens is 250 g/mol. The van der Waals surface area contributed by atoms with E-state index in [4.69, 9.17) is 5.26 Å². The van der Waals surface area contributed by atoms with Gasteiger partial charge in [-0.3, -0.25) is 0 Å². The summed E-state index contributed by atoms with van der Waals surface area (Å²) in [6.45, 7) is 0. The molecule has 0 saturated heterocycles. The predicted molar refractivity (Wildman–Crippen MR) is 78.2 cm³/mol. The maximum Gasteiger partial charge on any atom is 0.156 e. The second kappa shape index (κ2) is 5.74. The van der Waals surface area contributed by atoms with E-state index in [9.17, 15) is 0 Å². The molecule has 1 fully saturated rings. The Morgan fingerprint density at radius 3 is 3.10 bits per heavy atom. The van der Waals surface area contributed by atoms with Crippen molar-refractivity contribution in [3.8, 4) is 6.07 Å². The Morgan fingerprint density at radius 2 is 2.30 bits per heavy atom. The van der Waals surface area contributed by atoms with Crippen LogP contribution in [0.1, 0.15) is 31.2 Å². The van der Waals surface area contributed by atoms with Gasteiger partial charge in [0.1, 0.15) is 11.3 Å². The Balaban J connectivity index is 1.82. The lowest BCUT2D eigenvalue weighted by atomic mass is 10.2. The van der Waals surface area contributed by atoms with Crippen LogP contribution in [0, 0.1) is 11.3 Å². The largest absolute Gasteiger partial charge is 0.366 e. The molecule has 2 aromatic rings. The van der Waals surface area contributed by atoms with Crippen LogP contribution >= 0.6 is 0 Å². The summed E-state index contributed by atoms with van der Waals surface area (Å²) in [5.74, 6) is 0.842. The van der Waals surface area contributed by atoms with Crippen LogP contribution in [0.25, 0.3) is 11.2 Å². The molecular formula is C15H17N5. The molecule has 102 valence electrons. The molecule has 0 bridgehead atoms. The Morgan fingerprint density at radius 1 is 1.45 bits per heavy atom. The van der Waals surface area contributed by atoms with Crippen molar-refractivity contribution < 1.29 is 0 Å². The van der Waals surface area contributed by atoms with Gasteiger partial charge < -0.3 is 10.3 Å². The summed E-state index contributed by atoms with van der Waals surface area (Å²) < 4.78 is 0. The number of hydrogen-bond acceptors (Lipinski definition) is 4. The van der Waals surface area contributed by atoms with Gasteiger partial charge in [0.05, 0.1) is 12.3 Å². The van der Waals surface area contributed by atoms with Gasteiger partial charge in [-0.1, -0.05) is 18.9 Å². The number of aromatic amines is 1. The van der Waals surface area contributed by atoms with Gasteiger partial charge in [0.25, 0.3) is 0 Å². The zero-order valence-corrected chi connectivity index (χ0v) is 11.3. The summed E-state index contributed by atoms with van der Waals surface area (Å²) in [7, 11) is 0. The number of nitriles is 1. The van der Waals surface area contributed by atoms with Crippen LogP contribution in [-0.4, -0.2) is 21.0 Å². The van der Waals surface area contributed by atoms with Gasteiger partial charge >= 0.3 is 0 Å². The standard InChI is InChI=1S/C15H17N5/c16-8-4-3-5-11-9-17-15-14(11)20-13(10-18-15)19-12-6-1-2-7-12/h3-4,9-10,12H,1-2,5-7H2,(H,17,18)(H,19,20)/b4-3-. The highest BCUT2D eigenvalue weighted by atomic mass is 15.1. The second-order valence-electron chi connectivity index (χ2n) is 5.13. The van der Waals surface area contributed by atoms with Gasteiger partial charge in [-0.2, -0.15) is 5.26 Å². The maximum absolute atomic E-state index is 8.53. The van der Waals surface area contributed by atoms with Crippen LogP contribution in [-0.2, 0) is 6.42 Å². The van der Waals surface area contributed by atoms with Crippen LogP contribution in [0.15, 0.2) is 24.5 Å². The minimum atomic E-state index is 0.530. The highest BCUT2D eigenvalue weighted by Crippen LogP contribution is 2.23. The fourth-order valence-electron chi connectivity index (χ4n) is 2.69. The summed E-state index contributed by atoms with van der Waals surface area (Å²) in [4.78, 5) is 12.2. The van der Waals surface area contributed by atoms with Crippen LogP contribution < -0.4 is 5.32 Å². The van der Waals surface area contributed by atoms with E-state index >= 15 is 0 Å². The molecule has 0 radical (unpaired) electrons. The van der Waals surface area contributed by atoms with E-state index in [1.807, 2.05) is 18.3 Å². The van der Waals surface area contributed by atoms with Crippen molar-refractivity contribution in [2.45, 2.75) is 38.1 Å². The van der Waals surface area contributed by atoms with Crippen molar-refractivity contribution in [2.24, 2.45) is 0 Å². The number of aromatic nitrogens is 3. The fourth-order valence-corrected chi connectivity index (χ4v) is 2.69.